The third-order valence-electron chi connectivity index (χ3n) is 2.68. The van der Waals surface area contributed by atoms with Crippen LogP contribution in [-0.4, -0.2) is 22.2 Å². The van der Waals surface area contributed by atoms with E-state index in [2.05, 4.69) is 4.98 Å². The van der Waals surface area contributed by atoms with Gasteiger partial charge in [-0.1, -0.05) is 13.3 Å². The van der Waals surface area contributed by atoms with E-state index in [1.54, 1.807) is 11.6 Å². The molecule has 1 N–H and O–H groups in total. The van der Waals surface area contributed by atoms with Gasteiger partial charge in [-0.3, -0.25) is 0 Å². The van der Waals surface area contributed by atoms with Crippen LogP contribution in [0.15, 0.2) is 23.7 Å². The molecular weight excluding hydrogens is 250 g/mol. The van der Waals surface area contributed by atoms with Gasteiger partial charge >= 0.3 is 5.97 Å². The zero-order chi connectivity index (χ0) is 13.0. The molecule has 0 amide bonds. The predicted octanol–water partition coefficient (Wildman–Crippen LogP) is 3.32. The highest BCUT2D eigenvalue weighted by atomic mass is 32.1. The van der Waals surface area contributed by atoms with Crippen LogP contribution < -0.4 is 4.74 Å². The second-order valence-electron chi connectivity index (χ2n) is 4.07. The number of carboxylic acid groups (broad SMARTS) is 1. The molecule has 0 fully saturated rings. The molecule has 1 aromatic heterocycles. The van der Waals surface area contributed by atoms with Crippen molar-refractivity contribution < 1.29 is 14.6 Å². The van der Waals surface area contributed by atoms with E-state index in [-0.39, 0.29) is 0 Å². The molecule has 96 valence electrons. The quantitative estimate of drug-likeness (QED) is 0.870. The molecule has 0 saturated heterocycles. The van der Waals surface area contributed by atoms with Gasteiger partial charge in [-0.15, -0.1) is 11.3 Å². The Hall–Kier alpha value is -1.62. The molecule has 0 bridgehead atoms. The standard InChI is InChI=1S/C13H15NO3S/c1-2-3-4-11(13(15)16)17-9-5-6-10-12(7-9)18-8-14-10/h5-8,11H,2-4H2,1H3,(H,15,16). The van der Waals surface area contributed by atoms with Crippen molar-refractivity contribution in [2.75, 3.05) is 0 Å². The fourth-order valence-electron chi connectivity index (χ4n) is 1.70. The van der Waals surface area contributed by atoms with Crippen LogP contribution in [0, 0.1) is 0 Å². The Morgan fingerprint density at radius 3 is 3.11 bits per heavy atom. The molecule has 0 aliphatic rings. The average Bonchev–Trinajstić information content (AvgIpc) is 2.81. The van der Waals surface area contributed by atoms with Crippen LogP contribution in [0.4, 0.5) is 0 Å². The van der Waals surface area contributed by atoms with Crippen LogP contribution in [0.3, 0.4) is 0 Å². The molecule has 2 rings (SSSR count). The molecule has 5 heteroatoms. The van der Waals surface area contributed by atoms with E-state index in [9.17, 15) is 4.79 Å². The molecule has 2 aromatic rings. The third-order valence-corrected chi connectivity index (χ3v) is 3.47. The number of ether oxygens (including phenoxy) is 1. The average molecular weight is 265 g/mol. The Morgan fingerprint density at radius 1 is 1.56 bits per heavy atom. The second-order valence-corrected chi connectivity index (χ2v) is 4.96. The molecule has 1 atom stereocenters. The van der Waals surface area contributed by atoms with Gasteiger partial charge in [-0.2, -0.15) is 0 Å². The molecule has 0 spiro atoms. The lowest BCUT2D eigenvalue weighted by Crippen LogP contribution is -2.26. The summed E-state index contributed by atoms with van der Waals surface area (Å²) in [6.45, 7) is 2.03. The molecule has 0 aliphatic carbocycles. The molecule has 18 heavy (non-hydrogen) atoms. The first-order valence-electron chi connectivity index (χ1n) is 5.93. The summed E-state index contributed by atoms with van der Waals surface area (Å²) in [7, 11) is 0. The zero-order valence-electron chi connectivity index (χ0n) is 10.1. The number of nitrogens with zero attached hydrogens (tertiary/aromatic N) is 1. The summed E-state index contributed by atoms with van der Waals surface area (Å²) in [6.07, 6.45) is 1.57. The van der Waals surface area contributed by atoms with Crippen molar-refractivity contribution >= 4 is 27.5 Å². The number of carbonyl (C=O) groups is 1. The van der Waals surface area contributed by atoms with Crippen molar-refractivity contribution in [3.05, 3.63) is 23.7 Å². The fourth-order valence-corrected chi connectivity index (χ4v) is 2.40. The molecule has 1 heterocycles. The lowest BCUT2D eigenvalue weighted by molar-refractivity contribution is -0.145. The fraction of sp³-hybridized carbons (Fsp3) is 0.385. The smallest absolute Gasteiger partial charge is 0.344 e. The van der Waals surface area contributed by atoms with E-state index in [1.807, 2.05) is 19.1 Å². The van der Waals surface area contributed by atoms with Crippen LogP contribution in [0.2, 0.25) is 0 Å². The predicted molar refractivity (Wildman–Crippen MR) is 71.2 cm³/mol. The summed E-state index contributed by atoms with van der Waals surface area (Å²) >= 11 is 1.52. The Morgan fingerprint density at radius 2 is 2.39 bits per heavy atom. The summed E-state index contributed by atoms with van der Waals surface area (Å²) in [6, 6.07) is 5.46. The van der Waals surface area contributed by atoms with Gasteiger partial charge in [0, 0.05) is 0 Å². The first kappa shape index (κ1) is 12.8. The highest BCUT2D eigenvalue weighted by molar-refractivity contribution is 7.16. The topological polar surface area (TPSA) is 59.4 Å². The molecular formula is C13H15NO3S. The Labute approximate surface area is 109 Å². The first-order valence-corrected chi connectivity index (χ1v) is 6.81. The van der Waals surface area contributed by atoms with Crippen molar-refractivity contribution in [2.24, 2.45) is 0 Å². The SMILES string of the molecule is CCCCC(Oc1ccc2ncsc2c1)C(=O)O. The summed E-state index contributed by atoms with van der Waals surface area (Å²) < 4.78 is 6.54. The van der Waals surface area contributed by atoms with Crippen molar-refractivity contribution in [1.82, 2.24) is 4.98 Å². The second kappa shape index (κ2) is 5.82. The Balaban J connectivity index is 2.11. The van der Waals surface area contributed by atoms with Crippen LogP contribution in [-0.2, 0) is 4.79 Å². The number of thiazole rings is 1. The van der Waals surface area contributed by atoms with Gasteiger partial charge < -0.3 is 9.84 Å². The maximum Gasteiger partial charge on any atom is 0.344 e. The van der Waals surface area contributed by atoms with Gasteiger partial charge in [0.1, 0.15) is 5.75 Å². The maximum absolute atomic E-state index is 11.1. The van der Waals surface area contributed by atoms with Crippen molar-refractivity contribution in [3.8, 4) is 5.75 Å². The molecule has 0 radical (unpaired) electrons. The van der Waals surface area contributed by atoms with E-state index in [0.717, 1.165) is 23.1 Å². The summed E-state index contributed by atoms with van der Waals surface area (Å²) in [5, 5.41) is 9.10. The number of unbranched alkanes of at least 4 members (excludes halogenated alkanes) is 1. The lowest BCUT2D eigenvalue weighted by atomic mass is 10.1. The van der Waals surface area contributed by atoms with Crippen molar-refractivity contribution in [3.63, 3.8) is 0 Å². The first-order chi connectivity index (χ1) is 8.70. The number of hydrogen-bond donors (Lipinski definition) is 1. The number of carboxylic acids is 1. The monoisotopic (exact) mass is 265 g/mol. The molecule has 4 nitrogen and oxygen atoms in total. The minimum atomic E-state index is -0.909. The van der Waals surface area contributed by atoms with E-state index in [0.29, 0.717) is 12.2 Å². The van der Waals surface area contributed by atoms with Crippen molar-refractivity contribution in [2.45, 2.75) is 32.3 Å². The van der Waals surface area contributed by atoms with E-state index in [1.165, 1.54) is 11.3 Å². The van der Waals surface area contributed by atoms with Gasteiger partial charge in [0.25, 0.3) is 0 Å². The number of aliphatic carboxylic acids is 1. The Kier molecular flexibility index (Phi) is 4.15. The number of benzene rings is 1. The van der Waals surface area contributed by atoms with E-state index < -0.39 is 12.1 Å². The summed E-state index contributed by atoms with van der Waals surface area (Å²) in [5.74, 6) is -0.317. The highest BCUT2D eigenvalue weighted by Gasteiger charge is 2.18. The molecule has 0 aliphatic heterocycles. The van der Waals surface area contributed by atoms with E-state index in [4.69, 9.17) is 9.84 Å². The van der Waals surface area contributed by atoms with Crippen molar-refractivity contribution in [1.29, 1.82) is 0 Å². The molecule has 1 unspecified atom stereocenters. The number of hydrogen-bond acceptors (Lipinski definition) is 4. The lowest BCUT2D eigenvalue weighted by Gasteiger charge is -2.14. The number of aromatic nitrogens is 1. The normalized spacial score (nSPS) is 12.5. The van der Waals surface area contributed by atoms with E-state index >= 15 is 0 Å². The van der Waals surface area contributed by atoms with Gasteiger partial charge in [0.15, 0.2) is 6.10 Å². The maximum atomic E-state index is 11.1. The van der Waals surface area contributed by atoms with Gasteiger partial charge in [0.05, 0.1) is 15.7 Å². The van der Waals surface area contributed by atoms with Gasteiger partial charge in [-0.05, 0) is 31.0 Å². The third kappa shape index (κ3) is 2.98. The molecule has 1 aromatic carbocycles. The number of fused-ring (bicyclic) bond motifs is 1. The van der Waals surface area contributed by atoms with Crippen LogP contribution >= 0.6 is 11.3 Å². The summed E-state index contributed by atoms with van der Waals surface area (Å²) in [5.41, 5.74) is 2.67. The summed E-state index contributed by atoms with van der Waals surface area (Å²) in [4.78, 5) is 15.3. The highest BCUT2D eigenvalue weighted by Crippen LogP contribution is 2.24. The van der Waals surface area contributed by atoms with Gasteiger partial charge in [0.2, 0.25) is 0 Å². The van der Waals surface area contributed by atoms with Crippen LogP contribution in [0.1, 0.15) is 26.2 Å². The number of rotatable bonds is 6. The minimum Gasteiger partial charge on any atom is -0.479 e. The Bertz CT molecular complexity index is 538. The minimum absolute atomic E-state index is 0.534. The van der Waals surface area contributed by atoms with Gasteiger partial charge in [-0.25, -0.2) is 9.78 Å². The molecule has 0 saturated carbocycles. The largest absolute Gasteiger partial charge is 0.479 e. The zero-order valence-corrected chi connectivity index (χ0v) is 10.9. The van der Waals surface area contributed by atoms with Crippen LogP contribution in [0.25, 0.3) is 10.2 Å². The van der Waals surface area contributed by atoms with Crippen LogP contribution in [0.5, 0.6) is 5.75 Å².